The Bertz CT molecular complexity index is 478. The molecule has 1 heterocycles. The van der Waals surface area contributed by atoms with Gasteiger partial charge in [0.15, 0.2) is 0 Å². The molecule has 1 unspecified atom stereocenters. The summed E-state index contributed by atoms with van der Waals surface area (Å²) in [6.07, 6.45) is 2.57. The Morgan fingerprint density at radius 1 is 1.55 bits per heavy atom. The van der Waals surface area contributed by atoms with Gasteiger partial charge in [0.1, 0.15) is 5.82 Å². The molecule has 1 saturated heterocycles. The minimum absolute atomic E-state index is 0.0499. The van der Waals surface area contributed by atoms with Crippen LogP contribution in [-0.2, 0) is 4.79 Å². The number of nitrogens with zero attached hydrogens (tertiary/aromatic N) is 1. The van der Waals surface area contributed by atoms with Crippen LogP contribution in [0.1, 0.15) is 26.2 Å². The van der Waals surface area contributed by atoms with E-state index in [2.05, 4.69) is 17.1 Å². The first-order chi connectivity index (χ1) is 9.54. The van der Waals surface area contributed by atoms with Crippen molar-refractivity contribution in [1.29, 1.82) is 0 Å². The van der Waals surface area contributed by atoms with Gasteiger partial charge in [0.05, 0.1) is 5.69 Å². The molecule has 0 aromatic heterocycles. The topological polar surface area (TPSA) is 58.4 Å². The van der Waals surface area contributed by atoms with Crippen LogP contribution in [0, 0.1) is 11.7 Å². The number of halogens is 1. The maximum Gasteiger partial charge on any atom is 0.224 e. The number of rotatable bonds is 5. The third-order valence-electron chi connectivity index (χ3n) is 3.67. The normalized spacial score (nSPS) is 19.2. The zero-order valence-electron chi connectivity index (χ0n) is 11.9. The van der Waals surface area contributed by atoms with Crippen LogP contribution >= 0.6 is 0 Å². The highest BCUT2D eigenvalue weighted by Gasteiger charge is 2.18. The van der Waals surface area contributed by atoms with Gasteiger partial charge in [0, 0.05) is 18.7 Å². The highest BCUT2D eigenvalue weighted by atomic mass is 19.1. The van der Waals surface area contributed by atoms with Gasteiger partial charge in [0.2, 0.25) is 5.91 Å². The summed E-state index contributed by atoms with van der Waals surface area (Å²) in [7, 11) is 0. The summed E-state index contributed by atoms with van der Waals surface area (Å²) in [6, 6.07) is 4.22. The van der Waals surface area contributed by atoms with E-state index in [0.717, 1.165) is 32.0 Å². The van der Waals surface area contributed by atoms with Gasteiger partial charge < -0.3 is 16.0 Å². The summed E-state index contributed by atoms with van der Waals surface area (Å²) >= 11 is 0. The van der Waals surface area contributed by atoms with Crippen LogP contribution in [0.4, 0.5) is 15.8 Å². The number of nitrogens with two attached hydrogens (primary N) is 1. The molecule has 1 fully saturated rings. The molecule has 1 aliphatic heterocycles. The van der Waals surface area contributed by atoms with E-state index in [1.807, 2.05) is 0 Å². The minimum atomic E-state index is -0.467. The number of likely N-dealkylation sites (tertiary alicyclic amines) is 1. The molecule has 4 nitrogen and oxygen atoms in total. The van der Waals surface area contributed by atoms with Crippen molar-refractivity contribution in [2.24, 2.45) is 5.92 Å². The molecule has 20 heavy (non-hydrogen) atoms. The maximum atomic E-state index is 13.0. The second-order valence-corrected chi connectivity index (χ2v) is 5.58. The van der Waals surface area contributed by atoms with E-state index in [9.17, 15) is 9.18 Å². The molecule has 0 saturated carbocycles. The molecule has 110 valence electrons. The Kier molecular flexibility index (Phi) is 4.95. The Morgan fingerprint density at radius 2 is 2.35 bits per heavy atom. The fraction of sp³-hybridized carbons (Fsp3) is 0.533. The summed E-state index contributed by atoms with van der Waals surface area (Å²) in [5.74, 6) is 0.250. The SMILES string of the molecule is CC1CCN(CCCC(=O)Nc2ccc(F)c(N)c2)C1. The van der Waals surface area contributed by atoms with Crippen molar-refractivity contribution >= 4 is 17.3 Å². The largest absolute Gasteiger partial charge is 0.396 e. The zero-order valence-corrected chi connectivity index (χ0v) is 11.9. The lowest BCUT2D eigenvalue weighted by molar-refractivity contribution is -0.116. The van der Waals surface area contributed by atoms with Crippen molar-refractivity contribution in [3.8, 4) is 0 Å². The highest BCUT2D eigenvalue weighted by Crippen LogP contribution is 2.17. The number of carbonyl (C=O) groups is 1. The second-order valence-electron chi connectivity index (χ2n) is 5.58. The number of benzene rings is 1. The number of amides is 1. The lowest BCUT2D eigenvalue weighted by atomic mass is 10.2. The van der Waals surface area contributed by atoms with Crippen LogP contribution in [0.5, 0.6) is 0 Å². The summed E-state index contributed by atoms with van der Waals surface area (Å²) in [5.41, 5.74) is 6.05. The summed E-state index contributed by atoms with van der Waals surface area (Å²) in [4.78, 5) is 14.2. The van der Waals surface area contributed by atoms with Crippen LogP contribution in [-0.4, -0.2) is 30.4 Å². The van der Waals surface area contributed by atoms with Crippen molar-refractivity contribution in [1.82, 2.24) is 4.90 Å². The predicted molar refractivity (Wildman–Crippen MR) is 78.9 cm³/mol. The van der Waals surface area contributed by atoms with Crippen LogP contribution in [0.3, 0.4) is 0 Å². The highest BCUT2D eigenvalue weighted by molar-refractivity contribution is 5.91. The molecule has 0 bridgehead atoms. The number of hydrogen-bond donors (Lipinski definition) is 2. The molecular formula is C15H22FN3O. The van der Waals surface area contributed by atoms with Crippen molar-refractivity contribution in [3.63, 3.8) is 0 Å². The van der Waals surface area contributed by atoms with E-state index in [-0.39, 0.29) is 11.6 Å². The minimum Gasteiger partial charge on any atom is -0.396 e. The molecule has 3 N–H and O–H groups in total. The van der Waals surface area contributed by atoms with Crippen LogP contribution in [0.15, 0.2) is 18.2 Å². The van der Waals surface area contributed by atoms with Gasteiger partial charge in [-0.25, -0.2) is 4.39 Å². The smallest absolute Gasteiger partial charge is 0.224 e. The summed E-state index contributed by atoms with van der Waals surface area (Å²) < 4.78 is 13.0. The standard InChI is InChI=1S/C15H22FN3O/c1-11-6-8-19(10-11)7-2-3-15(20)18-12-4-5-13(16)14(17)9-12/h4-5,9,11H,2-3,6-8,10,17H2,1H3,(H,18,20). The first-order valence-corrected chi connectivity index (χ1v) is 7.12. The van der Waals surface area contributed by atoms with Gasteiger partial charge in [-0.3, -0.25) is 4.79 Å². The van der Waals surface area contributed by atoms with Crippen molar-refractivity contribution in [3.05, 3.63) is 24.0 Å². The van der Waals surface area contributed by atoms with E-state index in [0.29, 0.717) is 12.1 Å². The lowest BCUT2D eigenvalue weighted by Crippen LogP contribution is -2.23. The average molecular weight is 279 g/mol. The third-order valence-corrected chi connectivity index (χ3v) is 3.67. The van der Waals surface area contributed by atoms with Gasteiger partial charge in [-0.05, 0) is 50.0 Å². The summed E-state index contributed by atoms with van der Waals surface area (Å²) in [5, 5.41) is 2.74. The van der Waals surface area contributed by atoms with Crippen molar-refractivity contribution in [2.75, 3.05) is 30.7 Å². The molecule has 1 aromatic rings. The van der Waals surface area contributed by atoms with Crippen LogP contribution in [0.2, 0.25) is 0 Å². The fourth-order valence-electron chi connectivity index (χ4n) is 2.54. The molecule has 1 atom stereocenters. The fourth-order valence-corrected chi connectivity index (χ4v) is 2.54. The van der Waals surface area contributed by atoms with Gasteiger partial charge in [-0.15, -0.1) is 0 Å². The third kappa shape index (κ3) is 4.20. The van der Waals surface area contributed by atoms with Gasteiger partial charge >= 0.3 is 0 Å². The summed E-state index contributed by atoms with van der Waals surface area (Å²) in [6.45, 7) is 5.49. The molecule has 2 rings (SSSR count). The van der Waals surface area contributed by atoms with Crippen molar-refractivity contribution < 1.29 is 9.18 Å². The number of hydrogen-bond acceptors (Lipinski definition) is 3. The first-order valence-electron chi connectivity index (χ1n) is 7.12. The molecular weight excluding hydrogens is 257 g/mol. The number of carbonyl (C=O) groups excluding carboxylic acids is 1. The van der Waals surface area contributed by atoms with E-state index in [1.165, 1.54) is 24.6 Å². The Labute approximate surface area is 119 Å². The van der Waals surface area contributed by atoms with Crippen LogP contribution in [0.25, 0.3) is 0 Å². The van der Waals surface area contributed by atoms with Gasteiger partial charge in [0.25, 0.3) is 0 Å². The molecule has 1 amide bonds. The number of anilines is 2. The lowest BCUT2D eigenvalue weighted by Gasteiger charge is -2.14. The number of nitrogens with one attached hydrogen (secondary N) is 1. The Hall–Kier alpha value is -1.62. The zero-order chi connectivity index (χ0) is 14.5. The average Bonchev–Trinajstić information content (AvgIpc) is 2.80. The molecule has 5 heteroatoms. The Balaban J connectivity index is 1.71. The Morgan fingerprint density at radius 3 is 3.00 bits per heavy atom. The molecule has 1 aliphatic rings. The van der Waals surface area contributed by atoms with Gasteiger partial charge in [-0.2, -0.15) is 0 Å². The number of nitrogen functional groups attached to an aromatic ring is 1. The van der Waals surface area contributed by atoms with E-state index >= 15 is 0 Å². The van der Waals surface area contributed by atoms with Gasteiger partial charge in [-0.1, -0.05) is 6.92 Å². The van der Waals surface area contributed by atoms with E-state index in [1.54, 1.807) is 0 Å². The quantitative estimate of drug-likeness (QED) is 0.814. The molecule has 1 aromatic carbocycles. The second kappa shape index (κ2) is 6.70. The van der Waals surface area contributed by atoms with E-state index in [4.69, 9.17) is 5.73 Å². The van der Waals surface area contributed by atoms with Crippen molar-refractivity contribution in [2.45, 2.75) is 26.2 Å². The van der Waals surface area contributed by atoms with E-state index < -0.39 is 5.82 Å². The molecule has 0 radical (unpaired) electrons. The molecule has 0 spiro atoms. The maximum absolute atomic E-state index is 13.0. The van der Waals surface area contributed by atoms with Crippen LogP contribution < -0.4 is 11.1 Å². The first kappa shape index (κ1) is 14.8. The monoisotopic (exact) mass is 279 g/mol. The predicted octanol–water partition coefficient (Wildman–Crippen LogP) is 2.47. The molecule has 0 aliphatic carbocycles.